The van der Waals surface area contributed by atoms with Gasteiger partial charge in [0.05, 0.1) is 5.69 Å². The number of aryl methyl sites for hydroxylation is 1. The van der Waals surface area contributed by atoms with E-state index in [9.17, 15) is 0 Å². The van der Waals surface area contributed by atoms with E-state index < -0.39 is 0 Å². The van der Waals surface area contributed by atoms with E-state index in [2.05, 4.69) is 18.0 Å². The number of nitrogens with two attached hydrogens (primary N) is 1. The number of hydrogen-bond donors (Lipinski definition) is 1. The Hall–Kier alpha value is -1.51. The van der Waals surface area contributed by atoms with Gasteiger partial charge in [-0.2, -0.15) is 0 Å². The lowest BCUT2D eigenvalue weighted by atomic mass is 10.3. The van der Waals surface area contributed by atoms with Crippen molar-refractivity contribution in [3.05, 3.63) is 29.6 Å². The highest BCUT2D eigenvalue weighted by molar-refractivity contribution is 5.58. The van der Waals surface area contributed by atoms with Gasteiger partial charge < -0.3 is 5.73 Å². The zero-order valence-electron chi connectivity index (χ0n) is 8.20. The molecule has 14 heavy (non-hydrogen) atoms. The Morgan fingerprint density at radius 1 is 1.50 bits per heavy atom. The molecule has 1 saturated carbocycles. The summed E-state index contributed by atoms with van der Waals surface area (Å²) in [6.45, 7) is 2.07. The molecule has 0 unspecified atom stereocenters. The van der Waals surface area contributed by atoms with Gasteiger partial charge in [0.15, 0.2) is 0 Å². The van der Waals surface area contributed by atoms with E-state index in [1.807, 2.05) is 16.7 Å². The van der Waals surface area contributed by atoms with Crippen molar-refractivity contribution in [3.8, 4) is 0 Å². The van der Waals surface area contributed by atoms with Crippen LogP contribution >= 0.6 is 0 Å². The lowest BCUT2D eigenvalue weighted by molar-refractivity contribution is 1.06. The molecule has 0 spiro atoms. The third-order valence-electron chi connectivity index (χ3n) is 2.87. The topological polar surface area (TPSA) is 43.3 Å². The minimum Gasteiger partial charge on any atom is -0.383 e. The fourth-order valence-corrected chi connectivity index (χ4v) is 1.90. The maximum atomic E-state index is 6.05. The van der Waals surface area contributed by atoms with Crippen LogP contribution in [0.3, 0.4) is 0 Å². The summed E-state index contributed by atoms with van der Waals surface area (Å²) in [7, 11) is 0. The van der Waals surface area contributed by atoms with Crippen molar-refractivity contribution in [2.24, 2.45) is 0 Å². The average Bonchev–Trinajstić information content (AvgIpc) is 2.94. The molecule has 1 aliphatic carbocycles. The molecule has 3 nitrogen and oxygen atoms in total. The van der Waals surface area contributed by atoms with Crippen molar-refractivity contribution in [1.82, 2.24) is 9.38 Å². The van der Waals surface area contributed by atoms with Crippen molar-refractivity contribution < 1.29 is 0 Å². The molecule has 0 amide bonds. The summed E-state index contributed by atoms with van der Waals surface area (Å²) >= 11 is 0. The zero-order valence-corrected chi connectivity index (χ0v) is 8.20. The Balaban J connectivity index is 2.33. The van der Waals surface area contributed by atoms with Gasteiger partial charge in [-0.1, -0.05) is 6.07 Å². The van der Waals surface area contributed by atoms with Gasteiger partial charge in [-0.15, -0.1) is 0 Å². The van der Waals surface area contributed by atoms with Gasteiger partial charge in [0.25, 0.3) is 0 Å². The SMILES string of the molecule is Cc1cccn2c(N)c(C3CC3)nc12. The van der Waals surface area contributed by atoms with E-state index >= 15 is 0 Å². The Morgan fingerprint density at radius 2 is 2.29 bits per heavy atom. The van der Waals surface area contributed by atoms with Gasteiger partial charge in [-0.3, -0.25) is 4.40 Å². The van der Waals surface area contributed by atoms with Crippen molar-refractivity contribution >= 4 is 11.5 Å². The fraction of sp³-hybridized carbons (Fsp3) is 0.364. The van der Waals surface area contributed by atoms with Crippen LogP contribution in [0.25, 0.3) is 5.65 Å². The Bertz CT molecular complexity index is 494. The van der Waals surface area contributed by atoms with Gasteiger partial charge in [0, 0.05) is 12.1 Å². The summed E-state index contributed by atoms with van der Waals surface area (Å²) < 4.78 is 1.99. The van der Waals surface area contributed by atoms with Crippen molar-refractivity contribution in [3.63, 3.8) is 0 Å². The van der Waals surface area contributed by atoms with E-state index in [0.29, 0.717) is 5.92 Å². The van der Waals surface area contributed by atoms with Gasteiger partial charge in [0.2, 0.25) is 0 Å². The molecule has 2 heterocycles. The van der Waals surface area contributed by atoms with Crippen LogP contribution in [0.15, 0.2) is 18.3 Å². The first-order valence-corrected chi connectivity index (χ1v) is 5.00. The van der Waals surface area contributed by atoms with Gasteiger partial charge in [-0.25, -0.2) is 4.98 Å². The normalized spacial score (nSPS) is 16.4. The molecule has 0 bridgehead atoms. The van der Waals surface area contributed by atoms with E-state index in [1.165, 1.54) is 18.4 Å². The summed E-state index contributed by atoms with van der Waals surface area (Å²) in [5, 5.41) is 0. The number of hydrogen-bond acceptors (Lipinski definition) is 2. The quantitative estimate of drug-likeness (QED) is 0.743. The molecular weight excluding hydrogens is 174 g/mol. The number of aromatic nitrogens is 2. The van der Waals surface area contributed by atoms with Crippen molar-refractivity contribution in [2.75, 3.05) is 5.73 Å². The Labute approximate surface area is 82.6 Å². The summed E-state index contributed by atoms with van der Waals surface area (Å²) in [5.74, 6) is 1.44. The average molecular weight is 187 g/mol. The molecule has 1 fully saturated rings. The van der Waals surface area contributed by atoms with E-state index in [4.69, 9.17) is 5.73 Å². The number of pyridine rings is 1. The Kier molecular flexibility index (Phi) is 1.40. The smallest absolute Gasteiger partial charge is 0.141 e. The summed E-state index contributed by atoms with van der Waals surface area (Å²) in [5.41, 5.74) is 9.34. The molecule has 72 valence electrons. The summed E-state index contributed by atoms with van der Waals surface area (Å²) in [6.07, 6.45) is 4.47. The molecular formula is C11H13N3. The molecule has 2 N–H and O–H groups in total. The van der Waals surface area contributed by atoms with E-state index in [1.54, 1.807) is 0 Å². The summed E-state index contributed by atoms with van der Waals surface area (Å²) in [4.78, 5) is 4.61. The third kappa shape index (κ3) is 0.953. The van der Waals surface area contributed by atoms with Crippen LogP contribution in [0, 0.1) is 6.92 Å². The first-order valence-electron chi connectivity index (χ1n) is 5.00. The van der Waals surface area contributed by atoms with Gasteiger partial charge in [0.1, 0.15) is 11.5 Å². The van der Waals surface area contributed by atoms with Gasteiger partial charge >= 0.3 is 0 Å². The molecule has 3 heteroatoms. The van der Waals surface area contributed by atoms with Gasteiger partial charge in [-0.05, 0) is 31.4 Å². The lowest BCUT2D eigenvalue weighted by Crippen LogP contribution is -1.95. The van der Waals surface area contributed by atoms with Crippen LogP contribution in [0.1, 0.15) is 30.0 Å². The van der Waals surface area contributed by atoms with Crippen LogP contribution in [-0.4, -0.2) is 9.38 Å². The zero-order chi connectivity index (χ0) is 9.71. The lowest BCUT2D eigenvalue weighted by Gasteiger charge is -1.97. The van der Waals surface area contributed by atoms with Crippen LogP contribution < -0.4 is 5.73 Å². The molecule has 0 aromatic carbocycles. The highest BCUT2D eigenvalue weighted by Crippen LogP contribution is 2.42. The predicted molar refractivity (Wildman–Crippen MR) is 56.3 cm³/mol. The second-order valence-corrected chi connectivity index (χ2v) is 4.04. The molecule has 1 aliphatic rings. The molecule has 0 saturated heterocycles. The maximum absolute atomic E-state index is 6.05. The monoisotopic (exact) mass is 187 g/mol. The largest absolute Gasteiger partial charge is 0.383 e. The van der Waals surface area contributed by atoms with E-state index in [0.717, 1.165) is 17.2 Å². The minimum atomic E-state index is 0.620. The minimum absolute atomic E-state index is 0.620. The number of anilines is 1. The molecule has 0 aliphatic heterocycles. The van der Waals surface area contributed by atoms with Crippen LogP contribution in [0.5, 0.6) is 0 Å². The Morgan fingerprint density at radius 3 is 2.93 bits per heavy atom. The molecule has 2 aromatic heterocycles. The summed E-state index contributed by atoms with van der Waals surface area (Å²) in [6, 6.07) is 4.08. The fourth-order valence-electron chi connectivity index (χ4n) is 1.90. The van der Waals surface area contributed by atoms with Crippen LogP contribution in [-0.2, 0) is 0 Å². The number of nitrogen functional groups attached to an aromatic ring is 1. The first-order chi connectivity index (χ1) is 6.77. The van der Waals surface area contributed by atoms with Crippen molar-refractivity contribution in [1.29, 1.82) is 0 Å². The molecule has 2 aromatic rings. The first kappa shape index (κ1) is 7.85. The molecule has 3 rings (SSSR count). The molecule has 0 atom stereocenters. The molecule has 0 radical (unpaired) electrons. The second kappa shape index (κ2) is 2.50. The standard InChI is InChI=1S/C11H13N3/c1-7-3-2-6-14-10(12)9(8-4-5-8)13-11(7)14/h2-3,6,8H,4-5,12H2,1H3. The van der Waals surface area contributed by atoms with Crippen molar-refractivity contribution in [2.45, 2.75) is 25.7 Å². The third-order valence-corrected chi connectivity index (χ3v) is 2.87. The number of imidazole rings is 1. The number of rotatable bonds is 1. The van der Waals surface area contributed by atoms with Crippen LogP contribution in [0.4, 0.5) is 5.82 Å². The maximum Gasteiger partial charge on any atom is 0.141 e. The highest BCUT2D eigenvalue weighted by atomic mass is 15.1. The highest BCUT2D eigenvalue weighted by Gasteiger charge is 2.29. The second-order valence-electron chi connectivity index (χ2n) is 4.04. The predicted octanol–water partition coefficient (Wildman–Crippen LogP) is 2.10. The number of fused-ring (bicyclic) bond motifs is 1. The number of nitrogens with zero attached hydrogens (tertiary/aromatic N) is 2. The van der Waals surface area contributed by atoms with E-state index in [-0.39, 0.29) is 0 Å². The van der Waals surface area contributed by atoms with Crippen LogP contribution in [0.2, 0.25) is 0 Å².